The molecule has 86 valence electrons. The fourth-order valence-electron chi connectivity index (χ4n) is 0.957. The van der Waals surface area contributed by atoms with Gasteiger partial charge in [0.15, 0.2) is 5.78 Å². The number of rotatable bonds is 4. The molecule has 0 aromatic heterocycles. The van der Waals surface area contributed by atoms with Crippen molar-refractivity contribution in [1.29, 1.82) is 0 Å². The molecule has 0 fully saturated rings. The monoisotopic (exact) mass is 260 g/mol. The van der Waals surface area contributed by atoms with Crippen molar-refractivity contribution in [3.63, 3.8) is 0 Å². The molecule has 0 amide bonds. The lowest BCUT2D eigenvalue weighted by atomic mass is 10.2. The smallest absolute Gasteiger partial charge is 0.350 e. The summed E-state index contributed by atoms with van der Waals surface area (Å²) in [5, 5.41) is 0. The SMILES string of the molecule is CC(=O)C(Cl)(Cl)C(=O)OCc1ccccc1. The van der Waals surface area contributed by atoms with Crippen molar-refractivity contribution in [2.24, 2.45) is 0 Å². The minimum absolute atomic E-state index is 0.0359. The number of esters is 1. The Kier molecular flexibility index (Phi) is 4.33. The summed E-state index contributed by atoms with van der Waals surface area (Å²) in [6.45, 7) is 1.16. The lowest BCUT2D eigenvalue weighted by molar-refractivity contribution is -0.147. The molecule has 1 aromatic carbocycles. The number of alkyl halides is 2. The lowest BCUT2D eigenvalue weighted by Gasteiger charge is -2.14. The van der Waals surface area contributed by atoms with Crippen molar-refractivity contribution < 1.29 is 14.3 Å². The van der Waals surface area contributed by atoms with E-state index in [1.165, 1.54) is 0 Å². The summed E-state index contributed by atoms with van der Waals surface area (Å²) in [6.07, 6.45) is 0. The average Bonchev–Trinajstić information content (AvgIpc) is 2.27. The van der Waals surface area contributed by atoms with Crippen LogP contribution < -0.4 is 0 Å². The van der Waals surface area contributed by atoms with E-state index in [9.17, 15) is 9.59 Å². The minimum atomic E-state index is -2.12. The van der Waals surface area contributed by atoms with Crippen LogP contribution in [-0.4, -0.2) is 16.1 Å². The topological polar surface area (TPSA) is 43.4 Å². The van der Waals surface area contributed by atoms with Gasteiger partial charge in [-0.2, -0.15) is 0 Å². The van der Waals surface area contributed by atoms with Crippen molar-refractivity contribution in [1.82, 2.24) is 0 Å². The molecular weight excluding hydrogens is 251 g/mol. The third-order valence-corrected chi connectivity index (χ3v) is 2.75. The Morgan fingerprint density at radius 3 is 2.31 bits per heavy atom. The van der Waals surface area contributed by atoms with Gasteiger partial charge in [-0.3, -0.25) is 4.79 Å². The van der Waals surface area contributed by atoms with Gasteiger partial charge in [0.2, 0.25) is 0 Å². The largest absolute Gasteiger partial charge is 0.458 e. The maximum atomic E-state index is 11.4. The van der Waals surface area contributed by atoms with E-state index in [1.54, 1.807) is 12.1 Å². The molecule has 1 rings (SSSR count). The van der Waals surface area contributed by atoms with Crippen LogP contribution in [0.15, 0.2) is 30.3 Å². The highest BCUT2D eigenvalue weighted by Crippen LogP contribution is 2.24. The first-order valence-corrected chi connectivity index (χ1v) is 5.30. The zero-order valence-corrected chi connectivity index (χ0v) is 10.1. The number of halogens is 2. The second kappa shape index (κ2) is 5.32. The van der Waals surface area contributed by atoms with Crippen LogP contribution in [0.25, 0.3) is 0 Å². The van der Waals surface area contributed by atoms with Crippen molar-refractivity contribution in [2.45, 2.75) is 17.9 Å². The second-order valence-corrected chi connectivity index (χ2v) is 4.52. The van der Waals surface area contributed by atoms with Gasteiger partial charge in [0.25, 0.3) is 4.33 Å². The van der Waals surface area contributed by atoms with Crippen LogP contribution in [0.3, 0.4) is 0 Å². The zero-order valence-electron chi connectivity index (χ0n) is 8.57. The predicted octanol–water partition coefficient (Wildman–Crippen LogP) is 2.49. The summed E-state index contributed by atoms with van der Waals surface area (Å²) in [6, 6.07) is 9.02. The van der Waals surface area contributed by atoms with E-state index in [1.807, 2.05) is 18.2 Å². The molecule has 0 aliphatic carbocycles. The maximum absolute atomic E-state index is 11.4. The molecule has 0 radical (unpaired) electrons. The van der Waals surface area contributed by atoms with Gasteiger partial charge in [-0.25, -0.2) is 4.79 Å². The van der Waals surface area contributed by atoms with Crippen molar-refractivity contribution in [2.75, 3.05) is 0 Å². The number of hydrogen-bond acceptors (Lipinski definition) is 3. The Morgan fingerprint density at radius 1 is 1.25 bits per heavy atom. The number of ether oxygens (including phenoxy) is 1. The van der Waals surface area contributed by atoms with Gasteiger partial charge in [0, 0.05) is 0 Å². The van der Waals surface area contributed by atoms with Crippen LogP contribution in [0.4, 0.5) is 0 Å². The molecule has 0 heterocycles. The number of carbonyl (C=O) groups is 2. The van der Waals surface area contributed by atoms with Crippen molar-refractivity contribution in [3.05, 3.63) is 35.9 Å². The molecular formula is C11H10Cl2O3. The molecule has 0 aliphatic heterocycles. The molecule has 0 N–H and O–H groups in total. The second-order valence-electron chi connectivity index (χ2n) is 3.19. The molecule has 0 saturated carbocycles. The Hall–Kier alpha value is -1.06. The lowest BCUT2D eigenvalue weighted by Crippen LogP contribution is -2.35. The summed E-state index contributed by atoms with van der Waals surface area (Å²) >= 11 is 11.1. The van der Waals surface area contributed by atoms with E-state index in [0.29, 0.717) is 0 Å². The summed E-state index contributed by atoms with van der Waals surface area (Å²) < 4.78 is 2.71. The van der Waals surface area contributed by atoms with Gasteiger partial charge in [-0.1, -0.05) is 53.5 Å². The Labute approximate surface area is 103 Å². The molecule has 0 aliphatic rings. The standard InChI is InChI=1S/C11H10Cl2O3/c1-8(14)11(12,13)10(15)16-7-9-5-3-2-4-6-9/h2-6H,7H2,1H3. The molecule has 0 unspecified atom stereocenters. The van der Waals surface area contributed by atoms with Gasteiger partial charge in [-0.15, -0.1) is 0 Å². The van der Waals surface area contributed by atoms with Crippen LogP contribution in [-0.2, 0) is 20.9 Å². The fraction of sp³-hybridized carbons (Fsp3) is 0.273. The van der Waals surface area contributed by atoms with Gasteiger partial charge < -0.3 is 4.74 Å². The number of ketones is 1. The molecule has 1 aromatic rings. The van der Waals surface area contributed by atoms with Crippen LogP contribution >= 0.6 is 23.2 Å². The van der Waals surface area contributed by atoms with Crippen molar-refractivity contribution >= 4 is 35.0 Å². The van der Waals surface area contributed by atoms with Crippen molar-refractivity contribution in [3.8, 4) is 0 Å². The first kappa shape index (κ1) is 13.0. The number of carbonyl (C=O) groups excluding carboxylic acids is 2. The van der Waals surface area contributed by atoms with Gasteiger partial charge in [0.05, 0.1) is 0 Å². The molecule has 0 atom stereocenters. The highest BCUT2D eigenvalue weighted by molar-refractivity contribution is 6.67. The maximum Gasteiger partial charge on any atom is 0.350 e. The van der Waals surface area contributed by atoms with Gasteiger partial charge in [0.1, 0.15) is 6.61 Å². The fourth-order valence-corrected chi connectivity index (χ4v) is 1.07. The molecule has 0 spiro atoms. The number of Topliss-reactive ketones (excluding diaryl/α,β-unsaturated/α-hetero) is 1. The Morgan fingerprint density at radius 2 is 1.81 bits per heavy atom. The molecule has 5 heteroatoms. The summed E-state index contributed by atoms with van der Waals surface area (Å²) in [5.41, 5.74) is 0.795. The van der Waals surface area contributed by atoms with Crippen LogP contribution in [0.2, 0.25) is 0 Å². The Bertz CT molecular complexity index is 387. The van der Waals surface area contributed by atoms with Gasteiger partial charge in [-0.05, 0) is 12.5 Å². The van der Waals surface area contributed by atoms with Gasteiger partial charge >= 0.3 is 5.97 Å². The highest BCUT2D eigenvalue weighted by Gasteiger charge is 2.40. The quantitative estimate of drug-likeness (QED) is 0.475. The van der Waals surface area contributed by atoms with E-state index >= 15 is 0 Å². The third kappa shape index (κ3) is 3.22. The minimum Gasteiger partial charge on any atom is -0.458 e. The van der Waals surface area contributed by atoms with E-state index in [-0.39, 0.29) is 6.61 Å². The first-order valence-electron chi connectivity index (χ1n) is 4.54. The normalized spacial score (nSPS) is 10.9. The number of benzene rings is 1. The first-order chi connectivity index (χ1) is 7.44. The molecule has 3 nitrogen and oxygen atoms in total. The average molecular weight is 261 g/mol. The van der Waals surface area contributed by atoms with E-state index in [2.05, 4.69) is 0 Å². The number of hydrogen-bond donors (Lipinski definition) is 0. The third-order valence-electron chi connectivity index (χ3n) is 1.91. The van der Waals surface area contributed by atoms with Crippen LogP contribution in [0.5, 0.6) is 0 Å². The zero-order chi connectivity index (χ0) is 12.2. The Balaban J connectivity index is 2.57. The van der Waals surface area contributed by atoms with Crippen LogP contribution in [0, 0.1) is 0 Å². The molecule has 0 saturated heterocycles. The summed E-state index contributed by atoms with van der Waals surface area (Å²) in [4.78, 5) is 22.3. The van der Waals surface area contributed by atoms with E-state index in [0.717, 1.165) is 12.5 Å². The summed E-state index contributed by atoms with van der Waals surface area (Å²) in [7, 11) is 0. The predicted molar refractivity (Wildman–Crippen MR) is 61.4 cm³/mol. The van der Waals surface area contributed by atoms with E-state index < -0.39 is 16.1 Å². The molecule has 0 bridgehead atoms. The van der Waals surface area contributed by atoms with Crippen LogP contribution in [0.1, 0.15) is 12.5 Å². The van der Waals surface area contributed by atoms with E-state index in [4.69, 9.17) is 27.9 Å². The molecule has 16 heavy (non-hydrogen) atoms. The summed E-state index contributed by atoms with van der Waals surface area (Å²) in [5.74, 6) is -1.61. The highest BCUT2D eigenvalue weighted by atomic mass is 35.5.